The van der Waals surface area contributed by atoms with E-state index in [4.69, 9.17) is 5.53 Å². The average Bonchev–Trinajstić information content (AvgIpc) is 2.80. The fraction of sp³-hybridized carbons (Fsp3) is 0.227. The predicted molar refractivity (Wildman–Crippen MR) is 119 cm³/mol. The van der Waals surface area contributed by atoms with Crippen molar-refractivity contribution in [3.63, 3.8) is 0 Å². The Hall–Kier alpha value is -3.92. The second-order valence-electron chi connectivity index (χ2n) is 7.56. The number of carbonyl (C=O) groups excluding carboxylic acids is 1. The first-order valence-corrected chi connectivity index (χ1v) is 10.1. The van der Waals surface area contributed by atoms with Gasteiger partial charge in [-0.2, -0.15) is 5.11 Å². The number of halogens is 1. The topological polar surface area (TPSA) is 118 Å². The van der Waals surface area contributed by atoms with Gasteiger partial charge in [0.2, 0.25) is 0 Å². The number of fused-ring (bicyclic) bond motifs is 1. The summed E-state index contributed by atoms with van der Waals surface area (Å²) in [5.74, 6) is -0.543. The first-order chi connectivity index (χ1) is 15.4. The van der Waals surface area contributed by atoms with Crippen LogP contribution in [0.4, 0.5) is 10.1 Å². The average molecular weight is 435 g/mol. The molecule has 1 aliphatic rings. The molecule has 164 valence electrons. The fourth-order valence-electron chi connectivity index (χ4n) is 3.48. The molecule has 2 aromatic heterocycles. The van der Waals surface area contributed by atoms with Crippen molar-refractivity contribution in [2.45, 2.75) is 0 Å². The van der Waals surface area contributed by atoms with E-state index in [0.29, 0.717) is 29.7 Å². The standard InChI is InChI=1S/C22H22FN7O2/c1-29-6-8-30(9-7-29)22(32)14-2-4-17(5-3-14)25-13-19(28-24)18-11-15-10-16(23)12-26-20(15)27-21(18)31/h2-5,10-13,24-25H,6-9H2,1H3,(H,26,27,31)/b19-13-,28-24?. The van der Waals surface area contributed by atoms with Crippen molar-refractivity contribution >= 4 is 28.3 Å². The van der Waals surface area contributed by atoms with Crippen LogP contribution in [0, 0.1) is 11.3 Å². The van der Waals surface area contributed by atoms with E-state index in [1.165, 1.54) is 18.3 Å². The molecule has 1 saturated heterocycles. The Morgan fingerprint density at radius 2 is 1.94 bits per heavy atom. The molecule has 1 aliphatic heterocycles. The third-order valence-electron chi connectivity index (χ3n) is 5.35. The van der Waals surface area contributed by atoms with E-state index in [1.54, 1.807) is 24.3 Å². The highest BCUT2D eigenvalue weighted by Crippen LogP contribution is 2.18. The number of aromatic nitrogens is 2. The lowest BCUT2D eigenvalue weighted by molar-refractivity contribution is 0.0664. The molecule has 0 saturated carbocycles. The molecule has 0 radical (unpaired) electrons. The molecule has 0 unspecified atom stereocenters. The van der Waals surface area contributed by atoms with E-state index >= 15 is 0 Å². The van der Waals surface area contributed by atoms with Crippen LogP contribution in [0.2, 0.25) is 0 Å². The summed E-state index contributed by atoms with van der Waals surface area (Å²) in [6.45, 7) is 3.11. The SMILES string of the molecule is CN1CCN(C(=O)c2ccc(N/C=C(\N=N)c3cc4cc(F)cnc4[nH]c3=O)cc2)CC1. The lowest BCUT2D eigenvalue weighted by atomic mass is 10.1. The van der Waals surface area contributed by atoms with Gasteiger partial charge in [-0.15, -0.1) is 0 Å². The van der Waals surface area contributed by atoms with Crippen molar-refractivity contribution < 1.29 is 9.18 Å². The van der Waals surface area contributed by atoms with Crippen molar-refractivity contribution in [1.82, 2.24) is 19.8 Å². The molecule has 4 rings (SSSR count). The van der Waals surface area contributed by atoms with Gasteiger partial charge in [-0.3, -0.25) is 9.59 Å². The molecule has 1 aromatic carbocycles. The van der Waals surface area contributed by atoms with Gasteiger partial charge in [-0.1, -0.05) is 0 Å². The van der Waals surface area contributed by atoms with E-state index < -0.39 is 11.4 Å². The molecule has 1 amide bonds. The predicted octanol–water partition coefficient (Wildman–Crippen LogP) is 2.89. The summed E-state index contributed by atoms with van der Waals surface area (Å²) in [5.41, 5.74) is 8.63. The Kier molecular flexibility index (Phi) is 6.04. The molecular formula is C22H22FN7O2. The normalized spacial score (nSPS) is 15.1. The number of pyridine rings is 2. The number of rotatable bonds is 5. The van der Waals surface area contributed by atoms with Crippen molar-refractivity contribution in [2.75, 3.05) is 38.5 Å². The molecule has 9 nitrogen and oxygen atoms in total. The van der Waals surface area contributed by atoms with Crippen molar-refractivity contribution in [2.24, 2.45) is 5.11 Å². The highest BCUT2D eigenvalue weighted by atomic mass is 19.1. The van der Waals surface area contributed by atoms with Gasteiger partial charge in [-0.05, 0) is 43.4 Å². The lowest BCUT2D eigenvalue weighted by Gasteiger charge is -2.32. The van der Waals surface area contributed by atoms with Crippen molar-refractivity contribution in [3.05, 3.63) is 76.1 Å². The highest BCUT2D eigenvalue weighted by Gasteiger charge is 2.20. The first kappa shape index (κ1) is 21.3. The zero-order valence-corrected chi connectivity index (χ0v) is 17.4. The highest BCUT2D eigenvalue weighted by molar-refractivity contribution is 5.94. The molecule has 3 heterocycles. The quantitative estimate of drug-likeness (QED) is 0.533. The van der Waals surface area contributed by atoms with Gasteiger partial charge < -0.3 is 20.1 Å². The Labute approximate surface area is 183 Å². The first-order valence-electron chi connectivity index (χ1n) is 10.1. The van der Waals surface area contributed by atoms with Gasteiger partial charge >= 0.3 is 0 Å². The molecule has 3 N–H and O–H groups in total. The minimum Gasteiger partial charge on any atom is -0.360 e. The van der Waals surface area contributed by atoms with E-state index in [9.17, 15) is 14.0 Å². The smallest absolute Gasteiger partial charge is 0.259 e. The minimum absolute atomic E-state index is 0.00872. The summed E-state index contributed by atoms with van der Waals surface area (Å²) in [7, 11) is 2.04. The number of nitrogens with zero attached hydrogens (tertiary/aromatic N) is 4. The molecule has 10 heteroatoms. The maximum Gasteiger partial charge on any atom is 0.259 e. The Morgan fingerprint density at radius 1 is 1.22 bits per heavy atom. The number of anilines is 1. The molecule has 1 fully saturated rings. The van der Waals surface area contributed by atoms with Gasteiger partial charge in [-0.25, -0.2) is 14.9 Å². The summed E-state index contributed by atoms with van der Waals surface area (Å²) in [6.07, 6.45) is 2.43. The van der Waals surface area contributed by atoms with Gasteiger partial charge in [0.25, 0.3) is 11.5 Å². The van der Waals surface area contributed by atoms with Crippen LogP contribution in [0.1, 0.15) is 15.9 Å². The summed E-state index contributed by atoms with van der Waals surface area (Å²) < 4.78 is 13.5. The third kappa shape index (κ3) is 4.54. The van der Waals surface area contributed by atoms with Crippen LogP contribution in [0.5, 0.6) is 0 Å². The van der Waals surface area contributed by atoms with Crippen LogP contribution < -0.4 is 10.9 Å². The minimum atomic E-state index is -0.534. The van der Waals surface area contributed by atoms with Crippen LogP contribution in [0.15, 0.2) is 58.7 Å². The molecule has 0 aliphatic carbocycles. The number of piperazine rings is 1. The van der Waals surface area contributed by atoms with E-state index in [-0.39, 0.29) is 22.8 Å². The molecular weight excluding hydrogens is 413 g/mol. The summed E-state index contributed by atoms with van der Waals surface area (Å²) >= 11 is 0. The summed E-state index contributed by atoms with van der Waals surface area (Å²) in [4.78, 5) is 35.5. The van der Waals surface area contributed by atoms with E-state index in [2.05, 4.69) is 25.3 Å². The maximum atomic E-state index is 13.5. The number of benzene rings is 1. The number of aromatic amines is 1. The largest absolute Gasteiger partial charge is 0.360 e. The number of likely N-dealkylation sites (N-methyl/N-ethyl adjacent to an activating group) is 1. The van der Waals surface area contributed by atoms with Crippen LogP contribution in [0.3, 0.4) is 0 Å². The lowest BCUT2D eigenvalue weighted by Crippen LogP contribution is -2.47. The number of hydrogen-bond donors (Lipinski definition) is 3. The summed E-state index contributed by atoms with van der Waals surface area (Å²) in [5, 5.41) is 6.80. The van der Waals surface area contributed by atoms with E-state index in [0.717, 1.165) is 19.3 Å². The Balaban J connectivity index is 1.51. The number of nitrogens with one attached hydrogen (secondary N) is 3. The van der Waals surface area contributed by atoms with Crippen molar-refractivity contribution in [1.29, 1.82) is 5.53 Å². The fourth-order valence-corrected chi connectivity index (χ4v) is 3.48. The van der Waals surface area contributed by atoms with Crippen molar-refractivity contribution in [3.8, 4) is 0 Å². The third-order valence-corrected chi connectivity index (χ3v) is 5.35. The zero-order valence-electron chi connectivity index (χ0n) is 17.4. The van der Waals surface area contributed by atoms with Crippen LogP contribution in [-0.2, 0) is 0 Å². The van der Waals surface area contributed by atoms with Gasteiger partial charge in [0, 0.05) is 49.0 Å². The van der Waals surface area contributed by atoms with E-state index in [1.807, 2.05) is 11.9 Å². The second-order valence-corrected chi connectivity index (χ2v) is 7.56. The molecule has 0 spiro atoms. The monoisotopic (exact) mass is 435 g/mol. The second kappa shape index (κ2) is 9.06. The number of H-pyrrole nitrogens is 1. The van der Waals surface area contributed by atoms with Crippen LogP contribution >= 0.6 is 0 Å². The van der Waals surface area contributed by atoms with Gasteiger partial charge in [0.05, 0.1) is 11.8 Å². The Bertz CT molecular complexity index is 1250. The molecule has 0 bridgehead atoms. The van der Waals surface area contributed by atoms with Crippen LogP contribution in [-0.4, -0.2) is 58.9 Å². The number of carbonyl (C=O) groups is 1. The number of hydrogen-bond acceptors (Lipinski definition) is 7. The molecule has 32 heavy (non-hydrogen) atoms. The molecule has 0 atom stereocenters. The zero-order chi connectivity index (χ0) is 22.7. The number of amides is 1. The summed E-state index contributed by atoms with van der Waals surface area (Å²) in [6, 6.07) is 9.62. The van der Waals surface area contributed by atoms with Gasteiger partial charge in [0.1, 0.15) is 17.2 Å². The van der Waals surface area contributed by atoms with Gasteiger partial charge in [0.15, 0.2) is 0 Å². The van der Waals surface area contributed by atoms with Crippen LogP contribution in [0.25, 0.3) is 16.7 Å². The molecule has 3 aromatic rings. The maximum absolute atomic E-state index is 13.5. The Morgan fingerprint density at radius 3 is 2.62 bits per heavy atom.